The Morgan fingerprint density at radius 2 is 1.45 bits per heavy atom. The molecule has 0 aliphatic rings. The second kappa shape index (κ2) is 4.18. The molecule has 0 bridgehead atoms. The lowest BCUT2D eigenvalue weighted by Crippen LogP contribution is -1.82. The number of fused-ring (bicyclic) bond motifs is 8. The molecule has 22 heavy (non-hydrogen) atoms. The van der Waals surface area contributed by atoms with Crippen LogP contribution in [-0.2, 0) is 0 Å². The molecule has 0 unspecified atom stereocenters. The van der Waals surface area contributed by atoms with Crippen LogP contribution in [0.4, 0.5) is 0 Å². The van der Waals surface area contributed by atoms with Gasteiger partial charge in [0.1, 0.15) is 11.1 Å². The molecule has 0 amide bonds. The van der Waals surface area contributed by atoms with E-state index in [9.17, 15) is 0 Å². The molecule has 0 saturated heterocycles. The number of benzene rings is 3. The normalized spacial score (nSPS) is 11.9. The topological polar surface area (TPSA) is 38.9 Å². The number of nitrogens with zero attached hydrogens (tertiary/aromatic N) is 2. The van der Waals surface area contributed by atoms with Crippen LogP contribution in [0.25, 0.3) is 43.7 Å². The molecular formula is C18H9ClN2O. The van der Waals surface area contributed by atoms with Crippen molar-refractivity contribution in [2.45, 2.75) is 0 Å². The van der Waals surface area contributed by atoms with Crippen molar-refractivity contribution < 1.29 is 4.42 Å². The van der Waals surface area contributed by atoms with Gasteiger partial charge in [-0.1, -0.05) is 60.1 Å². The van der Waals surface area contributed by atoms with Crippen molar-refractivity contribution in [1.82, 2.24) is 9.97 Å². The maximum atomic E-state index is 6.00. The molecule has 0 saturated carbocycles. The van der Waals surface area contributed by atoms with Crippen LogP contribution in [0.5, 0.6) is 0 Å². The lowest BCUT2D eigenvalue weighted by Gasteiger charge is -2.05. The molecule has 0 radical (unpaired) electrons. The predicted molar refractivity (Wildman–Crippen MR) is 89.3 cm³/mol. The minimum absolute atomic E-state index is 0.333. The first-order valence-corrected chi connectivity index (χ1v) is 7.35. The van der Waals surface area contributed by atoms with Crippen LogP contribution in [0.1, 0.15) is 0 Å². The molecule has 5 rings (SSSR count). The number of rotatable bonds is 0. The van der Waals surface area contributed by atoms with E-state index in [0.29, 0.717) is 10.9 Å². The van der Waals surface area contributed by atoms with Crippen molar-refractivity contribution >= 4 is 55.3 Å². The Morgan fingerprint density at radius 1 is 0.818 bits per heavy atom. The van der Waals surface area contributed by atoms with Gasteiger partial charge in [-0.25, -0.2) is 4.98 Å². The van der Waals surface area contributed by atoms with E-state index in [0.717, 1.165) is 32.6 Å². The minimum Gasteiger partial charge on any atom is -0.436 e. The van der Waals surface area contributed by atoms with Crippen molar-refractivity contribution in [2.75, 3.05) is 0 Å². The van der Waals surface area contributed by atoms with Crippen LogP contribution >= 0.6 is 11.6 Å². The molecule has 0 N–H and O–H groups in total. The second-order valence-corrected chi connectivity index (χ2v) is 5.63. The molecular weight excluding hydrogens is 296 g/mol. The van der Waals surface area contributed by atoms with Gasteiger partial charge >= 0.3 is 0 Å². The summed E-state index contributed by atoms with van der Waals surface area (Å²) >= 11 is 5.95. The Bertz CT molecular complexity index is 1190. The van der Waals surface area contributed by atoms with Crippen molar-refractivity contribution in [3.8, 4) is 0 Å². The fourth-order valence-corrected chi connectivity index (χ4v) is 3.27. The average molecular weight is 305 g/mol. The first-order valence-electron chi connectivity index (χ1n) is 6.97. The zero-order valence-electron chi connectivity index (χ0n) is 11.4. The molecule has 0 fully saturated rings. The van der Waals surface area contributed by atoms with Crippen LogP contribution in [0, 0.1) is 0 Å². The summed E-state index contributed by atoms with van der Waals surface area (Å²) in [6.07, 6.45) is 1.56. The van der Waals surface area contributed by atoms with E-state index >= 15 is 0 Å². The van der Waals surface area contributed by atoms with Crippen molar-refractivity contribution in [2.24, 2.45) is 0 Å². The number of hydrogen-bond acceptors (Lipinski definition) is 3. The highest BCUT2D eigenvalue weighted by Crippen LogP contribution is 2.39. The van der Waals surface area contributed by atoms with E-state index in [1.165, 1.54) is 5.39 Å². The summed E-state index contributed by atoms with van der Waals surface area (Å²) in [5.74, 6) is 0. The Hall–Kier alpha value is -2.65. The largest absolute Gasteiger partial charge is 0.436 e. The Kier molecular flexibility index (Phi) is 2.27. The SMILES string of the molecule is Clc1cnc2c(n1)oc1c3ccccc3c3ccccc3c21. The van der Waals surface area contributed by atoms with Crippen molar-refractivity contribution in [1.29, 1.82) is 0 Å². The molecule has 2 aromatic heterocycles. The van der Waals surface area contributed by atoms with Gasteiger partial charge in [0.2, 0.25) is 5.71 Å². The van der Waals surface area contributed by atoms with E-state index < -0.39 is 0 Å². The summed E-state index contributed by atoms with van der Waals surface area (Å²) in [5.41, 5.74) is 2.04. The fourth-order valence-electron chi connectivity index (χ4n) is 3.14. The standard InChI is InChI=1S/C18H9ClN2O/c19-14-9-20-16-15-12-7-3-1-5-10(12)11-6-2-4-8-13(11)17(15)22-18(16)21-14/h1-9H. The summed E-state index contributed by atoms with van der Waals surface area (Å²) in [7, 11) is 0. The van der Waals surface area contributed by atoms with Crippen molar-refractivity contribution in [3.05, 3.63) is 59.9 Å². The number of hydrogen-bond donors (Lipinski definition) is 0. The third-order valence-corrected chi connectivity index (χ3v) is 4.21. The van der Waals surface area contributed by atoms with Crippen LogP contribution in [0.15, 0.2) is 59.1 Å². The number of halogens is 1. The molecule has 104 valence electrons. The molecule has 0 atom stereocenters. The van der Waals surface area contributed by atoms with Gasteiger partial charge < -0.3 is 4.42 Å². The summed E-state index contributed by atoms with van der Waals surface area (Å²) in [6.45, 7) is 0. The monoisotopic (exact) mass is 304 g/mol. The summed E-state index contributed by atoms with van der Waals surface area (Å²) in [4.78, 5) is 8.70. The third kappa shape index (κ3) is 1.46. The van der Waals surface area contributed by atoms with Gasteiger partial charge in [0.15, 0.2) is 5.15 Å². The minimum atomic E-state index is 0.333. The van der Waals surface area contributed by atoms with Crippen LogP contribution in [-0.4, -0.2) is 9.97 Å². The van der Waals surface area contributed by atoms with E-state index in [2.05, 4.69) is 34.2 Å². The van der Waals surface area contributed by atoms with Crippen LogP contribution in [0.3, 0.4) is 0 Å². The van der Waals surface area contributed by atoms with Crippen LogP contribution < -0.4 is 0 Å². The molecule has 0 aliphatic carbocycles. The lowest BCUT2D eigenvalue weighted by molar-refractivity contribution is 0.656. The first-order chi connectivity index (χ1) is 10.8. The highest BCUT2D eigenvalue weighted by molar-refractivity contribution is 6.31. The quantitative estimate of drug-likeness (QED) is 0.363. The highest BCUT2D eigenvalue weighted by atomic mass is 35.5. The zero-order chi connectivity index (χ0) is 14.7. The van der Waals surface area contributed by atoms with Gasteiger partial charge in [-0.3, -0.25) is 0 Å². The van der Waals surface area contributed by atoms with Gasteiger partial charge in [-0.2, -0.15) is 4.98 Å². The molecule has 0 aliphatic heterocycles. The smallest absolute Gasteiger partial charge is 0.247 e. The van der Waals surface area contributed by atoms with Gasteiger partial charge in [0.25, 0.3) is 0 Å². The Balaban J connectivity index is 2.21. The molecule has 2 heterocycles. The summed E-state index contributed by atoms with van der Waals surface area (Å²) in [6, 6.07) is 16.5. The maximum Gasteiger partial charge on any atom is 0.247 e. The molecule has 4 heteroatoms. The predicted octanol–water partition coefficient (Wildman–Crippen LogP) is 5.34. The molecule has 0 spiro atoms. The molecule has 5 aromatic rings. The summed E-state index contributed by atoms with van der Waals surface area (Å²) < 4.78 is 6.00. The third-order valence-electron chi connectivity index (χ3n) is 4.03. The highest BCUT2D eigenvalue weighted by Gasteiger charge is 2.17. The number of aromatic nitrogens is 2. The number of furan rings is 1. The molecule has 3 nitrogen and oxygen atoms in total. The second-order valence-electron chi connectivity index (χ2n) is 5.24. The van der Waals surface area contributed by atoms with Gasteiger partial charge in [0, 0.05) is 5.39 Å². The maximum absolute atomic E-state index is 6.00. The van der Waals surface area contributed by atoms with Gasteiger partial charge in [0.05, 0.1) is 11.6 Å². The fraction of sp³-hybridized carbons (Fsp3) is 0. The van der Waals surface area contributed by atoms with Gasteiger partial charge in [-0.05, 0) is 16.2 Å². The Morgan fingerprint density at radius 3 is 2.23 bits per heavy atom. The van der Waals surface area contributed by atoms with E-state index in [1.54, 1.807) is 6.20 Å². The zero-order valence-corrected chi connectivity index (χ0v) is 12.1. The molecule has 3 aromatic carbocycles. The lowest BCUT2D eigenvalue weighted by atomic mass is 9.98. The van der Waals surface area contributed by atoms with Crippen molar-refractivity contribution in [3.63, 3.8) is 0 Å². The van der Waals surface area contributed by atoms with E-state index in [4.69, 9.17) is 16.0 Å². The van der Waals surface area contributed by atoms with Crippen LogP contribution in [0.2, 0.25) is 5.15 Å². The van der Waals surface area contributed by atoms with E-state index in [-0.39, 0.29) is 0 Å². The first kappa shape index (κ1) is 12.0. The van der Waals surface area contributed by atoms with E-state index in [1.807, 2.05) is 24.3 Å². The van der Waals surface area contributed by atoms with Gasteiger partial charge in [-0.15, -0.1) is 0 Å². The Labute approximate surface area is 130 Å². The summed E-state index contributed by atoms with van der Waals surface area (Å²) in [5, 5.41) is 5.85. The average Bonchev–Trinajstić information content (AvgIpc) is 2.94.